The summed E-state index contributed by atoms with van der Waals surface area (Å²) in [7, 11) is 0. The Hall–Kier alpha value is -2.74. The number of benzene rings is 1. The van der Waals surface area contributed by atoms with Crippen molar-refractivity contribution in [2.75, 3.05) is 6.54 Å². The van der Waals surface area contributed by atoms with Crippen LogP contribution in [0.5, 0.6) is 0 Å². The van der Waals surface area contributed by atoms with Crippen molar-refractivity contribution in [2.24, 2.45) is 5.92 Å². The van der Waals surface area contributed by atoms with Gasteiger partial charge in [0.05, 0.1) is 12.1 Å². The summed E-state index contributed by atoms with van der Waals surface area (Å²) < 4.78 is 5.26. The minimum absolute atomic E-state index is 0.0581. The largest absolute Gasteiger partial charge is 0.391 e. The molecule has 0 bridgehead atoms. The molecule has 0 aliphatic heterocycles. The molecule has 3 rings (SSSR count). The van der Waals surface area contributed by atoms with E-state index in [1.807, 2.05) is 38.1 Å². The second-order valence-corrected chi connectivity index (χ2v) is 7.53. The quantitative estimate of drug-likeness (QED) is 0.622. The van der Waals surface area contributed by atoms with Crippen LogP contribution in [-0.2, 0) is 16.0 Å². The number of rotatable bonds is 8. The maximum Gasteiger partial charge on any atom is 0.227 e. The average Bonchev–Trinajstić information content (AvgIpc) is 3.32. The molecule has 0 unspecified atom stereocenters. The predicted octanol–water partition coefficient (Wildman–Crippen LogP) is 1.76. The predicted molar refractivity (Wildman–Crippen MR) is 107 cm³/mol. The summed E-state index contributed by atoms with van der Waals surface area (Å²) in [6.07, 6.45) is 1.44. The zero-order chi connectivity index (χ0) is 20.8. The first kappa shape index (κ1) is 21.0. The molecule has 1 aromatic carbocycles. The van der Waals surface area contributed by atoms with E-state index < -0.39 is 12.1 Å². The summed E-state index contributed by atoms with van der Waals surface area (Å²) in [5, 5.41) is 19.9. The van der Waals surface area contributed by atoms with Crippen LogP contribution in [0.1, 0.15) is 44.1 Å². The van der Waals surface area contributed by atoms with Crippen LogP contribution in [0.3, 0.4) is 0 Å². The van der Waals surface area contributed by atoms with E-state index in [2.05, 4.69) is 20.8 Å². The molecule has 1 aliphatic rings. The molecule has 0 spiro atoms. The molecule has 1 saturated carbocycles. The lowest BCUT2D eigenvalue weighted by Crippen LogP contribution is -2.40. The van der Waals surface area contributed by atoms with Crippen molar-refractivity contribution in [3.8, 4) is 11.4 Å². The molecule has 1 fully saturated rings. The van der Waals surface area contributed by atoms with Crippen LogP contribution in [0.4, 0.5) is 0 Å². The maximum atomic E-state index is 12.3. The Balaban J connectivity index is 1.48. The summed E-state index contributed by atoms with van der Waals surface area (Å²) in [6.45, 7) is 4.58. The average molecular weight is 400 g/mol. The van der Waals surface area contributed by atoms with E-state index in [0.29, 0.717) is 37.5 Å². The molecule has 29 heavy (non-hydrogen) atoms. The minimum atomic E-state index is -0.715. The van der Waals surface area contributed by atoms with Gasteiger partial charge >= 0.3 is 0 Å². The van der Waals surface area contributed by atoms with Crippen LogP contribution in [0.25, 0.3) is 11.4 Å². The zero-order valence-corrected chi connectivity index (χ0v) is 16.9. The number of carbonyl (C=O) groups is 2. The highest BCUT2D eigenvalue weighted by Gasteiger charge is 2.37. The van der Waals surface area contributed by atoms with Crippen molar-refractivity contribution in [3.63, 3.8) is 0 Å². The highest BCUT2D eigenvalue weighted by atomic mass is 16.5. The minimum Gasteiger partial charge on any atom is -0.391 e. The fourth-order valence-corrected chi connectivity index (χ4v) is 3.57. The van der Waals surface area contributed by atoms with Crippen LogP contribution in [0, 0.1) is 12.8 Å². The molecule has 2 amide bonds. The van der Waals surface area contributed by atoms with Crippen LogP contribution in [-0.4, -0.2) is 45.8 Å². The summed E-state index contributed by atoms with van der Waals surface area (Å²) in [5.74, 6) is 0.360. The van der Waals surface area contributed by atoms with E-state index in [1.165, 1.54) is 0 Å². The number of aliphatic hydroxyl groups is 1. The Morgan fingerprint density at radius 3 is 2.83 bits per heavy atom. The number of aliphatic hydroxyl groups excluding tert-OH is 1. The fraction of sp³-hybridized carbons (Fsp3) is 0.524. The van der Waals surface area contributed by atoms with E-state index >= 15 is 0 Å². The number of hydrogen-bond acceptors (Lipinski definition) is 6. The topological polar surface area (TPSA) is 117 Å². The molecule has 0 saturated heterocycles. The van der Waals surface area contributed by atoms with Crippen molar-refractivity contribution in [1.29, 1.82) is 0 Å². The van der Waals surface area contributed by atoms with E-state index in [1.54, 1.807) is 0 Å². The normalized spacial score (nSPS) is 21.1. The fourth-order valence-electron chi connectivity index (χ4n) is 3.57. The number of nitrogens with zero attached hydrogens (tertiary/aromatic N) is 2. The molecule has 2 aromatic rings. The highest BCUT2D eigenvalue weighted by Crippen LogP contribution is 2.26. The van der Waals surface area contributed by atoms with Gasteiger partial charge in [-0.2, -0.15) is 4.98 Å². The van der Waals surface area contributed by atoms with Crippen LogP contribution in [0.2, 0.25) is 0 Å². The third-order valence-corrected chi connectivity index (χ3v) is 5.22. The third-order valence-electron chi connectivity index (χ3n) is 5.22. The molecule has 3 N–H and O–H groups in total. The Kier molecular flexibility index (Phi) is 6.98. The van der Waals surface area contributed by atoms with E-state index in [4.69, 9.17) is 4.52 Å². The first-order valence-corrected chi connectivity index (χ1v) is 10.1. The van der Waals surface area contributed by atoms with Crippen molar-refractivity contribution in [3.05, 3.63) is 35.7 Å². The van der Waals surface area contributed by atoms with Gasteiger partial charge in [0.1, 0.15) is 0 Å². The number of aryl methyl sites for hydroxylation is 2. The number of hydrogen-bond donors (Lipinski definition) is 3. The summed E-state index contributed by atoms with van der Waals surface area (Å²) in [6, 6.07) is 7.34. The molecular formula is C21H28N4O4. The monoisotopic (exact) mass is 400 g/mol. The van der Waals surface area contributed by atoms with E-state index in [-0.39, 0.29) is 24.2 Å². The van der Waals surface area contributed by atoms with Crippen LogP contribution < -0.4 is 10.6 Å². The van der Waals surface area contributed by atoms with E-state index in [0.717, 1.165) is 17.5 Å². The van der Waals surface area contributed by atoms with Gasteiger partial charge in [0.15, 0.2) is 0 Å². The van der Waals surface area contributed by atoms with E-state index in [9.17, 15) is 14.7 Å². The molecule has 3 atom stereocenters. The molecule has 0 radical (unpaired) electrons. The Labute approximate surface area is 170 Å². The Morgan fingerprint density at radius 2 is 2.07 bits per heavy atom. The van der Waals surface area contributed by atoms with Crippen LogP contribution in [0.15, 0.2) is 28.8 Å². The first-order chi connectivity index (χ1) is 14.0. The zero-order valence-electron chi connectivity index (χ0n) is 16.9. The van der Waals surface area contributed by atoms with Gasteiger partial charge in [0.2, 0.25) is 23.5 Å². The van der Waals surface area contributed by atoms with Crippen molar-refractivity contribution in [2.45, 2.75) is 58.1 Å². The lowest BCUT2D eigenvalue weighted by Gasteiger charge is -2.16. The second-order valence-electron chi connectivity index (χ2n) is 7.53. The van der Waals surface area contributed by atoms with Crippen molar-refractivity contribution < 1.29 is 19.2 Å². The molecular weight excluding hydrogens is 372 g/mol. The lowest BCUT2D eigenvalue weighted by atomic mass is 10.1. The standard InChI is InChI=1S/C21H28N4O4/c1-3-10-22-21(28)14-11-16(17(26)12-14)23-18(27)8-9-19-24-20(25-29-19)15-7-5-4-6-13(15)2/h4-7,14,16-17,26H,3,8-12H2,1-2H3,(H,22,28)(H,23,27)/t14-,16+,17+/m0/s1. The Bertz CT molecular complexity index is 851. The summed E-state index contributed by atoms with van der Waals surface area (Å²) >= 11 is 0. The molecule has 1 aliphatic carbocycles. The third kappa shape index (κ3) is 5.41. The van der Waals surface area contributed by atoms with Gasteiger partial charge in [0.25, 0.3) is 0 Å². The number of amides is 2. The first-order valence-electron chi connectivity index (χ1n) is 10.1. The van der Waals surface area contributed by atoms with Gasteiger partial charge < -0.3 is 20.3 Å². The molecule has 1 aromatic heterocycles. The smallest absolute Gasteiger partial charge is 0.227 e. The van der Waals surface area contributed by atoms with Gasteiger partial charge in [-0.1, -0.05) is 36.3 Å². The highest BCUT2D eigenvalue weighted by molar-refractivity contribution is 5.80. The molecule has 1 heterocycles. The van der Waals surface area contributed by atoms with Crippen molar-refractivity contribution in [1.82, 2.24) is 20.8 Å². The van der Waals surface area contributed by atoms with Crippen LogP contribution >= 0.6 is 0 Å². The number of aromatic nitrogens is 2. The lowest BCUT2D eigenvalue weighted by molar-refractivity contribution is -0.125. The summed E-state index contributed by atoms with van der Waals surface area (Å²) in [4.78, 5) is 28.7. The van der Waals surface area contributed by atoms with Gasteiger partial charge in [-0.25, -0.2) is 0 Å². The van der Waals surface area contributed by atoms with Gasteiger partial charge in [-0.05, 0) is 31.7 Å². The Morgan fingerprint density at radius 1 is 1.28 bits per heavy atom. The van der Waals surface area contributed by atoms with Gasteiger partial charge in [0, 0.05) is 30.9 Å². The number of carbonyl (C=O) groups excluding carboxylic acids is 2. The maximum absolute atomic E-state index is 12.3. The molecule has 8 nitrogen and oxygen atoms in total. The molecule has 8 heteroatoms. The molecule has 156 valence electrons. The van der Waals surface area contributed by atoms with Gasteiger partial charge in [-0.15, -0.1) is 0 Å². The van der Waals surface area contributed by atoms with Crippen molar-refractivity contribution >= 4 is 11.8 Å². The SMILES string of the molecule is CCCNC(=O)[C@@H]1C[C@@H](O)[C@H](NC(=O)CCc2nc(-c3ccccc3C)no2)C1. The van der Waals surface area contributed by atoms with Gasteiger partial charge in [-0.3, -0.25) is 9.59 Å². The number of nitrogens with one attached hydrogen (secondary N) is 2. The second kappa shape index (κ2) is 9.65. The summed E-state index contributed by atoms with van der Waals surface area (Å²) in [5.41, 5.74) is 1.94.